The smallest absolute Gasteiger partial charge is 0.290 e. The Bertz CT molecular complexity index is 727. The fourth-order valence-electron chi connectivity index (χ4n) is 1.43. The molecule has 106 valence electrons. The van der Waals surface area contributed by atoms with Gasteiger partial charge in [0.2, 0.25) is 0 Å². The average Bonchev–Trinajstić information content (AvgIpc) is 2.90. The second kappa shape index (κ2) is 5.14. The predicted octanol–water partition coefficient (Wildman–Crippen LogP) is 0.669. The second-order valence-corrected chi connectivity index (χ2v) is 5.22. The van der Waals surface area contributed by atoms with E-state index in [1.165, 1.54) is 12.1 Å². The minimum absolute atomic E-state index is 0.0922. The molecule has 1 aromatic carbocycles. The summed E-state index contributed by atoms with van der Waals surface area (Å²) in [6.07, 6.45) is 1.16. The van der Waals surface area contributed by atoms with Crippen LogP contribution in [0.25, 0.3) is 0 Å². The van der Waals surface area contributed by atoms with E-state index < -0.39 is 25.5 Å². The number of nitrogens with one attached hydrogen (secondary N) is 2. The highest BCUT2D eigenvalue weighted by Gasteiger charge is 2.27. The van der Waals surface area contributed by atoms with E-state index >= 15 is 0 Å². The highest BCUT2D eigenvalue weighted by Crippen LogP contribution is 2.28. The third-order valence-electron chi connectivity index (χ3n) is 2.29. The van der Waals surface area contributed by atoms with Crippen molar-refractivity contribution in [1.82, 2.24) is 5.16 Å². The number of aromatic nitrogens is 1. The maximum Gasteiger partial charge on any atom is 0.290 e. The first-order chi connectivity index (χ1) is 9.44. The molecule has 0 radical (unpaired) electrons. The van der Waals surface area contributed by atoms with Gasteiger partial charge < -0.3 is 9.95 Å². The van der Waals surface area contributed by atoms with E-state index in [1.807, 2.05) is 0 Å². The number of nitrogen functional groups attached to an aromatic ring is 1. The van der Waals surface area contributed by atoms with Crippen LogP contribution in [-0.4, -0.2) is 18.5 Å². The first-order valence-electron chi connectivity index (χ1n) is 5.12. The summed E-state index contributed by atoms with van der Waals surface area (Å²) in [5, 5.41) is 14.3. The van der Waals surface area contributed by atoms with Crippen molar-refractivity contribution in [1.29, 1.82) is 0 Å². The molecule has 0 saturated carbocycles. The number of hydrogen-bond donors (Lipinski definition) is 3. The molecule has 0 bridgehead atoms. The number of nitro groups is 1. The average molecular weight is 299 g/mol. The van der Waals surface area contributed by atoms with Crippen LogP contribution >= 0.6 is 0 Å². The number of nitrogens with zero attached hydrogens (tertiary/aromatic N) is 2. The molecule has 1 heterocycles. The van der Waals surface area contributed by atoms with Crippen LogP contribution in [0.4, 0.5) is 17.2 Å². The number of benzene rings is 1. The van der Waals surface area contributed by atoms with E-state index in [-0.39, 0.29) is 11.5 Å². The number of sulfonamides is 1. The van der Waals surface area contributed by atoms with Crippen LogP contribution in [-0.2, 0) is 10.0 Å². The molecule has 0 spiro atoms. The zero-order valence-electron chi connectivity index (χ0n) is 9.81. The zero-order valence-corrected chi connectivity index (χ0v) is 10.6. The van der Waals surface area contributed by atoms with Crippen LogP contribution in [0, 0.1) is 10.1 Å². The second-order valence-electron chi connectivity index (χ2n) is 3.57. The Labute approximate surface area is 112 Å². The number of rotatable bonds is 5. The molecule has 0 aliphatic carbocycles. The maximum absolute atomic E-state index is 12.1. The van der Waals surface area contributed by atoms with Crippen LogP contribution < -0.4 is 16.0 Å². The van der Waals surface area contributed by atoms with E-state index in [0.29, 0.717) is 0 Å². The molecule has 11 heteroatoms. The van der Waals surface area contributed by atoms with Gasteiger partial charge in [0.25, 0.3) is 15.7 Å². The third-order valence-corrected chi connectivity index (χ3v) is 3.67. The number of nitro benzene ring substituents is 1. The Morgan fingerprint density at radius 2 is 2.10 bits per heavy atom. The van der Waals surface area contributed by atoms with Gasteiger partial charge in [0.1, 0.15) is 6.26 Å². The monoisotopic (exact) mass is 299 g/mol. The molecule has 0 aliphatic rings. The molecular formula is C9H9N5O5S. The van der Waals surface area contributed by atoms with Crippen molar-refractivity contribution in [3.8, 4) is 0 Å². The third kappa shape index (κ3) is 2.67. The van der Waals surface area contributed by atoms with Crippen LogP contribution in [0.15, 0.2) is 39.9 Å². The van der Waals surface area contributed by atoms with E-state index in [2.05, 4.69) is 19.8 Å². The predicted molar refractivity (Wildman–Crippen MR) is 68.2 cm³/mol. The first-order valence-corrected chi connectivity index (χ1v) is 6.60. The standard InChI is InChI=1S/C9H9N5O5S/c10-11-6-1-2-7(14(15)16)8(5-6)20(17,18)13-9-3-4-19-12-9/h1-5,11H,10H2,(H,12,13). The summed E-state index contributed by atoms with van der Waals surface area (Å²) in [4.78, 5) is 9.55. The van der Waals surface area contributed by atoms with Gasteiger partial charge in [-0.3, -0.25) is 20.7 Å². The lowest BCUT2D eigenvalue weighted by molar-refractivity contribution is -0.387. The summed E-state index contributed by atoms with van der Waals surface area (Å²) >= 11 is 0. The quantitative estimate of drug-likeness (QED) is 0.413. The SMILES string of the molecule is NNc1ccc([N+](=O)[O-])c(S(=O)(=O)Nc2ccon2)c1. The molecular weight excluding hydrogens is 290 g/mol. The molecule has 1 aromatic heterocycles. The van der Waals surface area contributed by atoms with Gasteiger partial charge in [-0.2, -0.15) is 0 Å². The molecule has 0 fully saturated rings. The highest BCUT2D eigenvalue weighted by molar-refractivity contribution is 7.92. The van der Waals surface area contributed by atoms with Crippen LogP contribution in [0.2, 0.25) is 0 Å². The maximum atomic E-state index is 12.1. The lowest BCUT2D eigenvalue weighted by Crippen LogP contribution is -2.16. The normalized spacial score (nSPS) is 11.1. The van der Waals surface area contributed by atoms with Gasteiger partial charge in [-0.15, -0.1) is 0 Å². The number of nitrogens with two attached hydrogens (primary N) is 1. The van der Waals surface area contributed by atoms with Gasteiger partial charge in [0.05, 0.1) is 10.6 Å². The van der Waals surface area contributed by atoms with Gasteiger partial charge >= 0.3 is 0 Å². The molecule has 2 rings (SSSR count). The summed E-state index contributed by atoms with van der Waals surface area (Å²) in [5.74, 6) is 5.07. The van der Waals surface area contributed by atoms with E-state index in [0.717, 1.165) is 18.4 Å². The number of hydrazine groups is 1. The van der Waals surface area contributed by atoms with Crippen molar-refractivity contribution in [2.24, 2.45) is 5.84 Å². The summed E-state index contributed by atoms with van der Waals surface area (Å²) < 4.78 is 30.8. The van der Waals surface area contributed by atoms with Gasteiger partial charge in [0, 0.05) is 12.1 Å². The van der Waals surface area contributed by atoms with Crippen LogP contribution in [0.5, 0.6) is 0 Å². The van der Waals surface area contributed by atoms with Crippen molar-refractivity contribution in [2.75, 3.05) is 10.1 Å². The van der Waals surface area contributed by atoms with E-state index in [4.69, 9.17) is 5.84 Å². The summed E-state index contributed by atoms with van der Waals surface area (Å²) in [6.45, 7) is 0. The van der Waals surface area contributed by atoms with Crippen molar-refractivity contribution >= 4 is 27.2 Å². The van der Waals surface area contributed by atoms with Crippen LogP contribution in [0.1, 0.15) is 0 Å². The summed E-state index contributed by atoms with van der Waals surface area (Å²) in [5.41, 5.74) is 1.84. The van der Waals surface area contributed by atoms with Gasteiger partial charge in [-0.25, -0.2) is 8.42 Å². The lowest BCUT2D eigenvalue weighted by Gasteiger charge is -2.07. The van der Waals surface area contributed by atoms with Gasteiger partial charge in [-0.05, 0) is 12.1 Å². The first kappa shape index (κ1) is 13.8. The van der Waals surface area contributed by atoms with Crippen molar-refractivity contribution in [3.05, 3.63) is 40.6 Å². The number of hydrogen-bond acceptors (Lipinski definition) is 8. The lowest BCUT2D eigenvalue weighted by atomic mass is 10.3. The summed E-state index contributed by atoms with van der Waals surface area (Å²) in [6, 6.07) is 4.62. The molecule has 2 aromatic rings. The van der Waals surface area contributed by atoms with Crippen molar-refractivity contribution in [2.45, 2.75) is 4.90 Å². The number of anilines is 2. The topological polar surface area (TPSA) is 153 Å². The fraction of sp³-hybridized carbons (Fsp3) is 0. The molecule has 4 N–H and O–H groups in total. The van der Waals surface area contributed by atoms with E-state index in [9.17, 15) is 18.5 Å². The molecule has 0 unspecified atom stereocenters. The molecule has 0 aliphatic heterocycles. The van der Waals surface area contributed by atoms with Gasteiger partial charge in [-0.1, -0.05) is 5.16 Å². The van der Waals surface area contributed by atoms with E-state index in [1.54, 1.807) is 0 Å². The van der Waals surface area contributed by atoms with Crippen molar-refractivity contribution < 1.29 is 17.9 Å². The molecule has 0 amide bonds. The fourth-order valence-corrected chi connectivity index (χ4v) is 2.62. The Hall–Kier alpha value is -2.66. The summed E-state index contributed by atoms with van der Waals surface area (Å²) in [7, 11) is -4.20. The molecule has 10 nitrogen and oxygen atoms in total. The molecule has 20 heavy (non-hydrogen) atoms. The van der Waals surface area contributed by atoms with Gasteiger partial charge in [0.15, 0.2) is 10.7 Å². The Morgan fingerprint density at radius 1 is 1.35 bits per heavy atom. The molecule has 0 atom stereocenters. The Morgan fingerprint density at radius 3 is 2.65 bits per heavy atom. The highest BCUT2D eigenvalue weighted by atomic mass is 32.2. The Kier molecular flexibility index (Phi) is 3.54. The Balaban J connectivity index is 2.51. The van der Waals surface area contributed by atoms with Crippen molar-refractivity contribution in [3.63, 3.8) is 0 Å². The minimum Gasteiger partial charge on any atom is -0.363 e. The molecule has 0 saturated heterocycles. The van der Waals surface area contributed by atoms with Crippen LogP contribution in [0.3, 0.4) is 0 Å². The largest absolute Gasteiger partial charge is 0.363 e. The zero-order chi connectivity index (χ0) is 14.8. The minimum atomic E-state index is -4.20.